The predicted molar refractivity (Wildman–Crippen MR) is 84.4 cm³/mol. The molecule has 0 aliphatic carbocycles. The Bertz CT molecular complexity index is 815. The molecule has 0 saturated carbocycles. The van der Waals surface area contributed by atoms with Crippen LogP contribution in [0.5, 0.6) is 11.6 Å². The van der Waals surface area contributed by atoms with Gasteiger partial charge in [-0.05, 0) is 31.2 Å². The van der Waals surface area contributed by atoms with Crippen LogP contribution in [0.2, 0.25) is 0 Å². The Kier molecular flexibility index (Phi) is 4.01. The number of carbonyl (C=O) groups is 1. The zero-order chi connectivity index (χ0) is 16.2. The van der Waals surface area contributed by atoms with Gasteiger partial charge in [0.1, 0.15) is 17.1 Å². The van der Waals surface area contributed by atoms with Crippen molar-refractivity contribution < 1.29 is 9.53 Å². The van der Waals surface area contributed by atoms with E-state index >= 15 is 0 Å². The number of hydrogen-bond acceptors (Lipinski definition) is 5. The van der Waals surface area contributed by atoms with Gasteiger partial charge in [-0.25, -0.2) is 4.68 Å². The molecule has 0 aliphatic rings. The number of anilines is 1. The van der Waals surface area contributed by atoms with Crippen LogP contribution in [0.1, 0.15) is 16.2 Å². The molecule has 23 heavy (non-hydrogen) atoms. The summed E-state index contributed by atoms with van der Waals surface area (Å²) in [7, 11) is 1.75. The van der Waals surface area contributed by atoms with Gasteiger partial charge in [0.05, 0.1) is 11.9 Å². The topological polar surface area (TPSA) is 81.9 Å². The van der Waals surface area contributed by atoms with Crippen molar-refractivity contribution in [2.45, 2.75) is 6.92 Å². The molecule has 0 bridgehead atoms. The van der Waals surface area contributed by atoms with Gasteiger partial charge in [-0.15, -0.1) is 0 Å². The lowest BCUT2D eigenvalue weighted by Crippen LogP contribution is -2.14. The summed E-state index contributed by atoms with van der Waals surface area (Å²) in [5.41, 5.74) is 1.48. The van der Waals surface area contributed by atoms with Gasteiger partial charge in [0.15, 0.2) is 0 Å². The zero-order valence-corrected chi connectivity index (χ0v) is 12.7. The first-order valence-electron chi connectivity index (χ1n) is 6.99. The molecule has 3 aromatic rings. The molecule has 7 heteroatoms. The molecule has 7 nitrogen and oxygen atoms in total. The van der Waals surface area contributed by atoms with Gasteiger partial charge < -0.3 is 10.1 Å². The monoisotopic (exact) mass is 309 g/mol. The number of ether oxygens (including phenoxy) is 1. The van der Waals surface area contributed by atoms with Crippen molar-refractivity contribution in [3.63, 3.8) is 0 Å². The maximum absolute atomic E-state index is 12.3. The van der Waals surface area contributed by atoms with Gasteiger partial charge in [-0.2, -0.15) is 5.10 Å². The highest BCUT2D eigenvalue weighted by Gasteiger charge is 2.19. The van der Waals surface area contributed by atoms with Crippen LogP contribution in [0.15, 0.2) is 48.9 Å². The molecule has 3 rings (SSSR count). The van der Waals surface area contributed by atoms with Gasteiger partial charge >= 0.3 is 0 Å². The first kappa shape index (κ1) is 14.7. The second-order valence-corrected chi connectivity index (χ2v) is 4.85. The maximum Gasteiger partial charge on any atom is 0.274 e. The lowest BCUT2D eigenvalue weighted by Gasteiger charge is -2.09. The summed E-state index contributed by atoms with van der Waals surface area (Å²) in [6.07, 6.45) is 4.82. The zero-order valence-electron chi connectivity index (χ0n) is 12.7. The molecule has 116 valence electrons. The summed E-state index contributed by atoms with van der Waals surface area (Å²) in [5.74, 6) is 0.668. The van der Waals surface area contributed by atoms with Crippen molar-refractivity contribution in [1.29, 1.82) is 0 Å². The van der Waals surface area contributed by atoms with Crippen molar-refractivity contribution in [3.05, 3.63) is 60.3 Å². The standard InChI is InChI=1S/C16H15N5O2/c1-11-14(19-15(22)13-7-3-4-9-18-13)16(21(2)20-11)23-12-6-5-8-17-10-12/h3-10H,1-2H3,(H,19,22). The van der Waals surface area contributed by atoms with Crippen LogP contribution in [-0.2, 0) is 7.05 Å². The van der Waals surface area contributed by atoms with Crippen molar-refractivity contribution in [2.24, 2.45) is 7.05 Å². The number of aromatic nitrogens is 4. The third-order valence-electron chi connectivity index (χ3n) is 3.15. The highest BCUT2D eigenvalue weighted by Crippen LogP contribution is 2.31. The average Bonchev–Trinajstić information content (AvgIpc) is 2.83. The molecule has 0 saturated heterocycles. The average molecular weight is 309 g/mol. The maximum atomic E-state index is 12.3. The minimum Gasteiger partial charge on any atom is -0.436 e. The number of rotatable bonds is 4. The Hall–Kier alpha value is -3.22. The molecule has 1 amide bonds. The van der Waals surface area contributed by atoms with Crippen LogP contribution >= 0.6 is 0 Å². The number of nitrogens with zero attached hydrogens (tertiary/aromatic N) is 4. The van der Waals surface area contributed by atoms with Crippen molar-refractivity contribution in [1.82, 2.24) is 19.7 Å². The summed E-state index contributed by atoms with van der Waals surface area (Å²) < 4.78 is 7.37. The van der Waals surface area contributed by atoms with E-state index in [0.717, 1.165) is 0 Å². The molecule has 0 aromatic carbocycles. The Balaban J connectivity index is 1.89. The second kappa shape index (κ2) is 6.27. The fourth-order valence-electron chi connectivity index (χ4n) is 2.09. The fourth-order valence-corrected chi connectivity index (χ4v) is 2.09. The Labute approximate surface area is 133 Å². The first-order valence-corrected chi connectivity index (χ1v) is 6.99. The number of hydrogen-bond donors (Lipinski definition) is 1. The normalized spacial score (nSPS) is 10.3. The van der Waals surface area contributed by atoms with Crippen molar-refractivity contribution >= 4 is 11.6 Å². The van der Waals surface area contributed by atoms with Crippen LogP contribution in [0.25, 0.3) is 0 Å². The van der Waals surface area contributed by atoms with Gasteiger partial charge in [-0.1, -0.05) is 6.07 Å². The highest BCUT2D eigenvalue weighted by molar-refractivity contribution is 6.03. The van der Waals surface area contributed by atoms with Crippen LogP contribution in [0.4, 0.5) is 5.69 Å². The molecule has 0 aliphatic heterocycles. The van der Waals surface area contributed by atoms with E-state index in [4.69, 9.17) is 4.74 Å². The van der Waals surface area contributed by atoms with E-state index in [2.05, 4.69) is 20.4 Å². The lowest BCUT2D eigenvalue weighted by molar-refractivity contribution is 0.102. The molecule has 1 N–H and O–H groups in total. The summed E-state index contributed by atoms with van der Waals surface area (Å²) >= 11 is 0. The summed E-state index contributed by atoms with van der Waals surface area (Å²) in [6.45, 7) is 1.80. The number of nitrogens with one attached hydrogen (secondary N) is 1. The van der Waals surface area contributed by atoms with Gasteiger partial charge in [-0.3, -0.25) is 14.8 Å². The van der Waals surface area contributed by atoms with Crippen LogP contribution in [0, 0.1) is 6.92 Å². The third kappa shape index (κ3) is 3.18. The van der Waals surface area contributed by atoms with E-state index < -0.39 is 0 Å². The molecule has 3 aromatic heterocycles. The molecular weight excluding hydrogens is 294 g/mol. The third-order valence-corrected chi connectivity index (χ3v) is 3.15. The second-order valence-electron chi connectivity index (χ2n) is 4.85. The van der Waals surface area contributed by atoms with Gasteiger partial charge in [0, 0.05) is 19.4 Å². The van der Waals surface area contributed by atoms with E-state index in [1.54, 1.807) is 67.6 Å². The van der Waals surface area contributed by atoms with Crippen LogP contribution < -0.4 is 10.1 Å². The quantitative estimate of drug-likeness (QED) is 0.801. The Morgan fingerprint density at radius 3 is 2.78 bits per heavy atom. The summed E-state index contributed by atoms with van der Waals surface area (Å²) in [5, 5.41) is 7.10. The molecule has 0 atom stereocenters. The van der Waals surface area contributed by atoms with E-state index in [1.165, 1.54) is 0 Å². The minimum absolute atomic E-state index is 0.322. The van der Waals surface area contributed by atoms with Crippen LogP contribution in [0.3, 0.4) is 0 Å². The number of pyridine rings is 2. The number of carbonyl (C=O) groups excluding carboxylic acids is 1. The molecular formula is C16H15N5O2. The van der Waals surface area contributed by atoms with Gasteiger partial charge in [0.25, 0.3) is 5.91 Å². The molecule has 0 unspecified atom stereocenters. The molecule has 3 heterocycles. The van der Waals surface area contributed by atoms with Crippen LogP contribution in [-0.4, -0.2) is 25.7 Å². The van der Waals surface area contributed by atoms with E-state index in [9.17, 15) is 4.79 Å². The van der Waals surface area contributed by atoms with E-state index in [-0.39, 0.29) is 5.91 Å². The summed E-state index contributed by atoms with van der Waals surface area (Å²) in [4.78, 5) is 20.3. The van der Waals surface area contributed by atoms with E-state index in [0.29, 0.717) is 28.7 Å². The lowest BCUT2D eigenvalue weighted by atomic mass is 10.3. The molecule has 0 fully saturated rings. The Morgan fingerprint density at radius 1 is 1.22 bits per heavy atom. The van der Waals surface area contributed by atoms with Gasteiger partial charge in [0.2, 0.25) is 5.88 Å². The molecule has 0 spiro atoms. The number of amides is 1. The largest absolute Gasteiger partial charge is 0.436 e. The fraction of sp³-hybridized carbons (Fsp3) is 0.125. The number of aryl methyl sites for hydroxylation is 2. The van der Waals surface area contributed by atoms with Crippen molar-refractivity contribution in [2.75, 3.05) is 5.32 Å². The predicted octanol–water partition coefficient (Wildman–Crippen LogP) is 2.56. The van der Waals surface area contributed by atoms with E-state index in [1.807, 2.05) is 0 Å². The summed E-state index contributed by atoms with van der Waals surface area (Å²) in [6, 6.07) is 8.70. The molecule has 0 radical (unpaired) electrons. The highest BCUT2D eigenvalue weighted by atomic mass is 16.5. The minimum atomic E-state index is -0.322. The Morgan fingerprint density at radius 2 is 2.09 bits per heavy atom. The smallest absolute Gasteiger partial charge is 0.274 e. The van der Waals surface area contributed by atoms with Crippen molar-refractivity contribution in [3.8, 4) is 11.6 Å². The SMILES string of the molecule is Cc1nn(C)c(Oc2cccnc2)c1NC(=O)c1ccccn1. The first-order chi connectivity index (χ1) is 11.1.